The summed E-state index contributed by atoms with van der Waals surface area (Å²) >= 11 is 0. The van der Waals surface area contributed by atoms with Gasteiger partial charge in [0.15, 0.2) is 0 Å². The van der Waals surface area contributed by atoms with E-state index >= 15 is 0 Å². The summed E-state index contributed by atoms with van der Waals surface area (Å²) in [7, 11) is 0. The Morgan fingerprint density at radius 1 is 0.759 bits per heavy atom. The lowest BCUT2D eigenvalue weighted by Crippen LogP contribution is -2.23. The van der Waals surface area contributed by atoms with E-state index in [0.717, 1.165) is 36.3 Å². The van der Waals surface area contributed by atoms with Crippen LogP contribution in [0, 0.1) is 0 Å². The number of rotatable bonds is 9. The molecule has 0 fully saturated rings. The summed E-state index contributed by atoms with van der Waals surface area (Å²) in [5.41, 5.74) is 4.79. The summed E-state index contributed by atoms with van der Waals surface area (Å²) in [5.74, 6) is 0.912. The van der Waals surface area contributed by atoms with Gasteiger partial charge in [0.1, 0.15) is 12.4 Å². The van der Waals surface area contributed by atoms with Crippen LogP contribution in [0.1, 0.15) is 16.7 Å². The first-order valence-electron chi connectivity index (χ1n) is 10.1. The lowest BCUT2D eigenvalue weighted by atomic mass is 10.1. The van der Waals surface area contributed by atoms with Crippen LogP contribution in [-0.2, 0) is 6.42 Å². The van der Waals surface area contributed by atoms with Gasteiger partial charge in [0, 0.05) is 29.2 Å². The number of ether oxygens (including phenoxy) is 1. The number of hydrogen-bond acceptors (Lipinski definition) is 2. The molecule has 0 aliphatic rings. The Morgan fingerprint density at radius 2 is 1.55 bits per heavy atom. The van der Waals surface area contributed by atoms with E-state index < -0.39 is 0 Å². The fourth-order valence-electron chi connectivity index (χ4n) is 3.42. The molecular weight excluding hydrogens is 356 g/mol. The third-order valence-electron chi connectivity index (χ3n) is 4.96. The SMILES string of the molecule is C(=Cc1cccc2[nH]ccc12)c1ccccc1OCCNCCc1ccccc1. The van der Waals surface area contributed by atoms with Gasteiger partial charge in [-0.3, -0.25) is 0 Å². The Labute approximate surface area is 172 Å². The van der Waals surface area contributed by atoms with Crippen LogP contribution < -0.4 is 10.1 Å². The largest absolute Gasteiger partial charge is 0.492 e. The standard InChI is InChI=1S/C26H26N2O/c1-2-7-21(8-3-1)15-17-27-19-20-29-26-12-5-4-9-23(26)14-13-22-10-6-11-25-24(22)16-18-28-25/h1-14,16,18,27-28H,15,17,19-20H2. The van der Waals surface area contributed by atoms with E-state index in [0.29, 0.717) is 6.61 Å². The van der Waals surface area contributed by atoms with Crippen LogP contribution in [0.3, 0.4) is 0 Å². The molecule has 3 aromatic carbocycles. The van der Waals surface area contributed by atoms with Crippen LogP contribution in [0.15, 0.2) is 85.1 Å². The van der Waals surface area contributed by atoms with E-state index in [2.05, 4.69) is 83.1 Å². The van der Waals surface area contributed by atoms with E-state index in [1.807, 2.05) is 24.4 Å². The number of benzene rings is 3. The van der Waals surface area contributed by atoms with Crippen molar-refractivity contribution in [3.8, 4) is 5.75 Å². The van der Waals surface area contributed by atoms with E-state index in [9.17, 15) is 0 Å². The van der Waals surface area contributed by atoms with Crippen molar-refractivity contribution in [1.29, 1.82) is 0 Å². The molecule has 4 aromatic rings. The highest BCUT2D eigenvalue weighted by molar-refractivity contribution is 5.91. The molecule has 0 spiro atoms. The first kappa shape index (κ1) is 19.0. The second-order valence-corrected chi connectivity index (χ2v) is 6.99. The van der Waals surface area contributed by atoms with Crippen molar-refractivity contribution in [3.05, 3.63) is 102 Å². The molecule has 3 heteroatoms. The maximum absolute atomic E-state index is 6.03. The quantitative estimate of drug-likeness (QED) is 0.294. The monoisotopic (exact) mass is 382 g/mol. The van der Waals surface area contributed by atoms with E-state index in [1.165, 1.54) is 16.5 Å². The second-order valence-electron chi connectivity index (χ2n) is 6.99. The number of aromatic amines is 1. The molecule has 0 unspecified atom stereocenters. The summed E-state index contributed by atoms with van der Waals surface area (Å²) in [6.07, 6.45) is 7.28. The molecular formula is C26H26N2O. The Bertz CT molecular complexity index is 1070. The predicted octanol–water partition coefficient (Wildman–Crippen LogP) is 5.55. The lowest BCUT2D eigenvalue weighted by molar-refractivity contribution is 0.314. The van der Waals surface area contributed by atoms with Crippen molar-refractivity contribution in [2.45, 2.75) is 6.42 Å². The van der Waals surface area contributed by atoms with Crippen LogP contribution in [-0.4, -0.2) is 24.7 Å². The lowest BCUT2D eigenvalue weighted by Gasteiger charge is -2.10. The first-order valence-corrected chi connectivity index (χ1v) is 10.1. The van der Waals surface area contributed by atoms with Crippen molar-refractivity contribution < 1.29 is 4.74 Å². The van der Waals surface area contributed by atoms with Crippen molar-refractivity contribution >= 4 is 23.1 Å². The van der Waals surface area contributed by atoms with Gasteiger partial charge in [-0.25, -0.2) is 0 Å². The highest BCUT2D eigenvalue weighted by atomic mass is 16.5. The molecule has 0 radical (unpaired) electrons. The fourth-order valence-corrected chi connectivity index (χ4v) is 3.42. The number of H-pyrrole nitrogens is 1. The molecule has 0 aliphatic carbocycles. The van der Waals surface area contributed by atoms with E-state index in [4.69, 9.17) is 4.74 Å². The van der Waals surface area contributed by atoms with Gasteiger partial charge in [0.2, 0.25) is 0 Å². The van der Waals surface area contributed by atoms with Crippen molar-refractivity contribution in [3.63, 3.8) is 0 Å². The van der Waals surface area contributed by atoms with Gasteiger partial charge in [-0.05, 0) is 42.3 Å². The normalized spacial score (nSPS) is 11.3. The third-order valence-corrected chi connectivity index (χ3v) is 4.96. The number of fused-ring (bicyclic) bond motifs is 1. The summed E-state index contributed by atoms with van der Waals surface area (Å²) in [6.45, 7) is 2.43. The Hall–Kier alpha value is -3.30. The van der Waals surface area contributed by atoms with Crippen molar-refractivity contribution in [1.82, 2.24) is 10.3 Å². The molecule has 0 bridgehead atoms. The van der Waals surface area contributed by atoms with Crippen molar-refractivity contribution in [2.75, 3.05) is 19.7 Å². The molecule has 0 saturated heterocycles. The number of hydrogen-bond donors (Lipinski definition) is 2. The molecule has 0 atom stereocenters. The molecule has 2 N–H and O–H groups in total. The minimum absolute atomic E-state index is 0.646. The second kappa shape index (κ2) is 9.76. The van der Waals surface area contributed by atoms with Gasteiger partial charge in [-0.2, -0.15) is 0 Å². The van der Waals surface area contributed by atoms with Gasteiger partial charge >= 0.3 is 0 Å². The van der Waals surface area contributed by atoms with Crippen LogP contribution in [0.25, 0.3) is 23.1 Å². The van der Waals surface area contributed by atoms with Crippen LogP contribution in [0.4, 0.5) is 0 Å². The molecule has 3 nitrogen and oxygen atoms in total. The molecule has 0 aliphatic heterocycles. The molecule has 1 aromatic heterocycles. The molecule has 0 saturated carbocycles. The van der Waals surface area contributed by atoms with E-state index in [1.54, 1.807) is 0 Å². The smallest absolute Gasteiger partial charge is 0.126 e. The first-order chi connectivity index (χ1) is 14.4. The van der Waals surface area contributed by atoms with Gasteiger partial charge in [-0.15, -0.1) is 0 Å². The summed E-state index contributed by atoms with van der Waals surface area (Å²) < 4.78 is 6.03. The summed E-state index contributed by atoms with van der Waals surface area (Å²) in [4.78, 5) is 3.26. The number of aromatic nitrogens is 1. The zero-order valence-corrected chi connectivity index (χ0v) is 16.5. The van der Waals surface area contributed by atoms with Gasteiger partial charge < -0.3 is 15.0 Å². The Morgan fingerprint density at radius 3 is 2.48 bits per heavy atom. The van der Waals surface area contributed by atoms with Crippen LogP contribution >= 0.6 is 0 Å². The highest BCUT2D eigenvalue weighted by Gasteiger charge is 2.02. The average molecular weight is 383 g/mol. The Balaban J connectivity index is 1.31. The molecule has 4 rings (SSSR count). The molecule has 1 heterocycles. The Kier molecular flexibility index (Phi) is 6.41. The van der Waals surface area contributed by atoms with Crippen LogP contribution in [0.2, 0.25) is 0 Å². The summed E-state index contributed by atoms with van der Waals surface area (Å²) in [6, 6.07) is 27.1. The fraction of sp³-hybridized carbons (Fsp3) is 0.154. The topological polar surface area (TPSA) is 37.0 Å². The summed E-state index contributed by atoms with van der Waals surface area (Å²) in [5, 5.41) is 4.68. The molecule has 146 valence electrons. The average Bonchev–Trinajstić information content (AvgIpc) is 3.26. The van der Waals surface area contributed by atoms with Crippen molar-refractivity contribution in [2.24, 2.45) is 0 Å². The van der Waals surface area contributed by atoms with Gasteiger partial charge in [-0.1, -0.05) is 72.8 Å². The van der Waals surface area contributed by atoms with E-state index in [-0.39, 0.29) is 0 Å². The number of nitrogens with one attached hydrogen (secondary N) is 2. The minimum atomic E-state index is 0.646. The van der Waals surface area contributed by atoms with Gasteiger partial charge in [0.05, 0.1) is 0 Å². The zero-order valence-electron chi connectivity index (χ0n) is 16.5. The predicted molar refractivity (Wildman–Crippen MR) is 122 cm³/mol. The molecule has 29 heavy (non-hydrogen) atoms. The molecule has 0 amide bonds. The highest BCUT2D eigenvalue weighted by Crippen LogP contribution is 2.23. The maximum Gasteiger partial charge on any atom is 0.126 e. The zero-order chi connectivity index (χ0) is 19.7. The third kappa shape index (κ3) is 5.15. The number of para-hydroxylation sites is 1. The van der Waals surface area contributed by atoms with Gasteiger partial charge in [0.25, 0.3) is 0 Å². The maximum atomic E-state index is 6.03. The van der Waals surface area contributed by atoms with Crippen LogP contribution in [0.5, 0.6) is 5.75 Å². The minimum Gasteiger partial charge on any atom is -0.492 e.